The summed E-state index contributed by atoms with van der Waals surface area (Å²) in [7, 11) is -3.11. The van der Waals surface area contributed by atoms with E-state index in [9.17, 15) is 13.2 Å². The van der Waals surface area contributed by atoms with Crippen molar-refractivity contribution in [2.75, 3.05) is 23.0 Å². The maximum atomic E-state index is 14.2. The van der Waals surface area contributed by atoms with Gasteiger partial charge in [0, 0.05) is 17.8 Å². The quantitative estimate of drug-likeness (QED) is 0.386. The summed E-state index contributed by atoms with van der Waals surface area (Å²) in [6.45, 7) is 4.64. The van der Waals surface area contributed by atoms with E-state index in [1.807, 2.05) is 48.2 Å². The fourth-order valence-electron chi connectivity index (χ4n) is 5.65. The van der Waals surface area contributed by atoms with Gasteiger partial charge in [0.1, 0.15) is 0 Å². The summed E-state index contributed by atoms with van der Waals surface area (Å²) < 4.78 is 26.3. The van der Waals surface area contributed by atoms with Gasteiger partial charge in [-0.3, -0.25) is 4.79 Å². The van der Waals surface area contributed by atoms with Crippen molar-refractivity contribution in [3.05, 3.63) is 77.0 Å². The van der Waals surface area contributed by atoms with E-state index in [1.54, 1.807) is 4.68 Å². The first-order valence-corrected chi connectivity index (χ1v) is 14.8. The lowest BCUT2D eigenvalue weighted by Crippen LogP contribution is -2.35. The van der Waals surface area contributed by atoms with Gasteiger partial charge in [0.15, 0.2) is 15.5 Å². The first-order valence-electron chi connectivity index (χ1n) is 12.9. The van der Waals surface area contributed by atoms with Gasteiger partial charge in [0.25, 0.3) is 5.91 Å². The molecule has 1 saturated heterocycles. The number of pyridine rings is 1. The largest absolute Gasteiger partial charge is 0.308 e. The Labute approximate surface area is 217 Å². The van der Waals surface area contributed by atoms with Crippen molar-refractivity contribution in [2.45, 2.75) is 45.6 Å². The summed E-state index contributed by atoms with van der Waals surface area (Å²) in [6, 6.07) is 17.9. The molecule has 0 saturated carbocycles. The highest BCUT2D eigenvalue weighted by Gasteiger charge is 2.33. The molecule has 6 rings (SSSR count). The van der Waals surface area contributed by atoms with Crippen LogP contribution >= 0.6 is 0 Å². The number of carbonyl (C=O) groups is 1. The van der Waals surface area contributed by atoms with Crippen LogP contribution in [0.3, 0.4) is 0 Å². The minimum atomic E-state index is -3.11. The minimum absolute atomic E-state index is 0.0447. The molecule has 2 aliphatic rings. The van der Waals surface area contributed by atoms with Gasteiger partial charge in [0.2, 0.25) is 0 Å². The Balaban J connectivity index is 1.54. The number of amides is 1. The third-order valence-electron chi connectivity index (χ3n) is 7.63. The van der Waals surface area contributed by atoms with Gasteiger partial charge >= 0.3 is 0 Å². The average Bonchev–Trinajstić information content (AvgIpc) is 3.45. The monoisotopic (exact) mass is 514 g/mol. The molecule has 4 heterocycles. The second-order valence-corrected chi connectivity index (χ2v) is 12.3. The fraction of sp³-hybridized carbons (Fsp3) is 0.345. The van der Waals surface area contributed by atoms with E-state index in [2.05, 4.69) is 25.1 Å². The van der Waals surface area contributed by atoms with Crippen molar-refractivity contribution < 1.29 is 13.2 Å². The van der Waals surface area contributed by atoms with Gasteiger partial charge in [-0.2, -0.15) is 5.10 Å². The number of benzene rings is 2. The number of aromatic nitrogens is 3. The summed E-state index contributed by atoms with van der Waals surface area (Å²) in [5, 5.41) is 5.45. The highest BCUT2D eigenvalue weighted by molar-refractivity contribution is 7.91. The number of rotatable bonds is 4. The number of anilines is 1. The molecule has 4 aromatic rings. The summed E-state index contributed by atoms with van der Waals surface area (Å²) in [6.07, 6.45) is 3.29. The van der Waals surface area contributed by atoms with Crippen LogP contribution < -0.4 is 4.90 Å². The zero-order valence-corrected chi connectivity index (χ0v) is 22.0. The highest BCUT2D eigenvalue weighted by atomic mass is 32.2. The smallest absolute Gasteiger partial charge is 0.259 e. The van der Waals surface area contributed by atoms with Crippen molar-refractivity contribution in [1.82, 2.24) is 14.8 Å². The number of hydrogen-bond donors (Lipinski definition) is 0. The third-order valence-corrected chi connectivity index (χ3v) is 9.39. The average molecular weight is 515 g/mol. The van der Waals surface area contributed by atoms with Crippen molar-refractivity contribution >= 4 is 32.5 Å². The van der Waals surface area contributed by atoms with Crippen molar-refractivity contribution in [2.24, 2.45) is 0 Å². The number of para-hydroxylation sites is 1. The molecule has 2 aromatic heterocycles. The molecule has 190 valence electrons. The van der Waals surface area contributed by atoms with E-state index in [0.717, 1.165) is 30.5 Å². The van der Waals surface area contributed by atoms with Crippen LogP contribution in [-0.2, 0) is 22.7 Å². The number of fused-ring (bicyclic) bond motifs is 2. The minimum Gasteiger partial charge on any atom is -0.308 e. The zero-order chi connectivity index (χ0) is 25.7. The number of aryl methyl sites for hydroxylation is 3. The number of nitrogens with zero attached hydrogens (tertiary/aromatic N) is 4. The van der Waals surface area contributed by atoms with Gasteiger partial charge in [-0.05, 0) is 55.9 Å². The summed E-state index contributed by atoms with van der Waals surface area (Å²) in [5.74, 6) is 0.114. The topological polar surface area (TPSA) is 85.2 Å². The number of sulfone groups is 1. The normalized spacial score (nSPS) is 18.8. The lowest BCUT2D eigenvalue weighted by atomic mass is 9.99. The van der Waals surface area contributed by atoms with Gasteiger partial charge in [0.05, 0.1) is 39.9 Å². The highest BCUT2D eigenvalue weighted by Crippen LogP contribution is 2.35. The molecule has 0 spiro atoms. The van der Waals surface area contributed by atoms with E-state index in [-0.39, 0.29) is 23.5 Å². The molecule has 37 heavy (non-hydrogen) atoms. The van der Waals surface area contributed by atoms with Crippen molar-refractivity contribution in [3.63, 3.8) is 0 Å². The van der Waals surface area contributed by atoms with E-state index < -0.39 is 9.84 Å². The maximum Gasteiger partial charge on any atom is 0.259 e. The zero-order valence-electron chi connectivity index (χ0n) is 21.1. The summed E-state index contributed by atoms with van der Waals surface area (Å²) in [5.41, 5.74) is 6.76. The second-order valence-electron chi connectivity index (χ2n) is 10.1. The predicted molar refractivity (Wildman–Crippen MR) is 146 cm³/mol. The fourth-order valence-corrected chi connectivity index (χ4v) is 7.35. The Morgan fingerprint density at radius 2 is 1.89 bits per heavy atom. The Bertz CT molecular complexity index is 1620. The molecule has 1 unspecified atom stereocenters. The third kappa shape index (κ3) is 4.23. The first kappa shape index (κ1) is 23.9. The van der Waals surface area contributed by atoms with E-state index in [0.29, 0.717) is 41.0 Å². The Morgan fingerprint density at radius 3 is 2.62 bits per heavy atom. The lowest BCUT2D eigenvalue weighted by Gasteiger charge is -2.29. The standard InChI is InChI=1S/C29H30N4O3S/c1-3-20-10-12-21(13-11-20)25-17-24(29(34)32-15-6-8-22-7-4-5-9-26(22)32)27-19(2)31-33(28(27)30-25)23-14-16-37(35,36)18-23/h4-5,7,9-13,17,23H,3,6,8,14-16,18H2,1-2H3. The second kappa shape index (κ2) is 9.10. The van der Waals surface area contributed by atoms with Crippen molar-refractivity contribution in [1.29, 1.82) is 0 Å². The molecular weight excluding hydrogens is 484 g/mol. The Hall–Kier alpha value is -3.52. The van der Waals surface area contributed by atoms with Crippen LogP contribution in [0.5, 0.6) is 0 Å². The Morgan fingerprint density at radius 1 is 1.11 bits per heavy atom. The number of carbonyl (C=O) groups excluding carboxylic acids is 1. The van der Waals surface area contributed by atoms with E-state index in [4.69, 9.17) is 10.1 Å². The molecule has 7 nitrogen and oxygen atoms in total. The summed E-state index contributed by atoms with van der Waals surface area (Å²) in [4.78, 5) is 21.1. The molecule has 1 atom stereocenters. The van der Waals surface area contributed by atoms with Crippen LogP contribution in [0.2, 0.25) is 0 Å². The molecule has 1 fully saturated rings. The molecular formula is C29H30N4O3S. The van der Waals surface area contributed by atoms with E-state index >= 15 is 0 Å². The molecule has 2 aliphatic heterocycles. The molecule has 0 bridgehead atoms. The van der Waals surface area contributed by atoms with Crippen LogP contribution in [0.4, 0.5) is 5.69 Å². The van der Waals surface area contributed by atoms with Crippen LogP contribution in [0.15, 0.2) is 54.6 Å². The molecule has 1 amide bonds. The van der Waals surface area contributed by atoms with Crippen LogP contribution in [0, 0.1) is 6.92 Å². The van der Waals surface area contributed by atoms with Gasteiger partial charge in [-0.1, -0.05) is 49.4 Å². The predicted octanol–water partition coefficient (Wildman–Crippen LogP) is 4.92. The Kier molecular flexibility index (Phi) is 5.87. The lowest BCUT2D eigenvalue weighted by molar-refractivity contribution is 0.0986. The molecule has 0 radical (unpaired) electrons. The molecule has 2 aromatic carbocycles. The van der Waals surface area contributed by atoms with Crippen LogP contribution in [0.25, 0.3) is 22.3 Å². The molecule has 8 heteroatoms. The molecule has 0 aliphatic carbocycles. The number of hydrogen-bond acceptors (Lipinski definition) is 5. The van der Waals surface area contributed by atoms with Gasteiger partial charge in [-0.25, -0.2) is 18.1 Å². The SMILES string of the molecule is CCc1ccc(-c2cc(C(=O)N3CCCc4ccccc43)c3c(C)nn(C4CCS(=O)(=O)C4)c3n2)cc1. The van der Waals surface area contributed by atoms with Crippen LogP contribution in [0.1, 0.15) is 53.0 Å². The molecule has 0 N–H and O–H groups in total. The van der Waals surface area contributed by atoms with Gasteiger partial charge in [-0.15, -0.1) is 0 Å². The van der Waals surface area contributed by atoms with Crippen molar-refractivity contribution in [3.8, 4) is 11.3 Å². The van der Waals surface area contributed by atoms with Crippen LogP contribution in [-0.4, -0.2) is 47.1 Å². The maximum absolute atomic E-state index is 14.2. The van der Waals surface area contributed by atoms with Gasteiger partial charge < -0.3 is 4.90 Å². The van der Waals surface area contributed by atoms with E-state index in [1.165, 1.54) is 11.1 Å². The first-order chi connectivity index (χ1) is 17.8. The summed E-state index contributed by atoms with van der Waals surface area (Å²) >= 11 is 0.